The number of amides is 2. The highest BCUT2D eigenvalue weighted by Gasteiger charge is 2.34. The Morgan fingerprint density at radius 1 is 1.32 bits per heavy atom. The molecule has 0 saturated carbocycles. The topological polar surface area (TPSA) is 79.5 Å². The van der Waals surface area contributed by atoms with Gasteiger partial charge in [-0.1, -0.05) is 0 Å². The number of rotatable bonds is 6. The fraction of sp³-hybridized carbons (Fsp3) is 0.833. The van der Waals surface area contributed by atoms with Gasteiger partial charge in [-0.05, 0) is 32.7 Å². The van der Waals surface area contributed by atoms with Gasteiger partial charge in [-0.3, -0.25) is 9.59 Å². The minimum Gasteiger partial charge on any atom is -0.383 e. The number of ether oxygens (including phenoxy) is 1. The summed E-state index contributed by atoms with van der Waals surface area (Å²) in [7, 11) is 1.57. The summed E-state index contributed by atoms with van der Waals surface area (Å²) < 4.78 is 4.82. The molecule has 1 fully saturated rings. The van der Waals surface area contributed by atoms with E-state index in [1.165, 1.54) is 0 Å². The molecule has 112 valence electrons. The maximum Gasteiger partial charge on any atom is 0.240 e. The highest BCUT2D eigenvalue weighted by atomic mass is 35.5. The lowest BCUT2D eigenvalue weighted by molar-refractivity contribution is -0.130. The summed E-state index contributed by atoms with van der Waals surface area (Å²) in [6.07, 6.45) is 2.95. The monoisotopic (exact) mass is 293 g/mol. The number of piperidine rings is 1. The van der Waals surface area contributed by atoms with Gasteiger partial charge in [-0.15, -0.1) is 12.4 Å². The minimum absolute atomic E-state index is 0. The average molecular weight is 294 g/mol. The molecule has 7 heteroatoms. The summed E-state index contributed by atoms with van der Waals surface area (Å²) in [5.74, 6) is -0.302. The number of hydrogen-bond donors (Lipinski definition) is 3. The molecule has 6 nitrogen and oxygen atoms in total. The van der Waals surface area contributed by atoms with Gasteiger partial charge in [0.05, 0.1) is 18.7 Å². The second-order valence-electron chi connectivity index (χ2n) is 4.74. The number of halogens is 1. The number of methoxy groups -OCH3 is 1. The Balaban J connectivity index is 0.00000324. The molecule has 1 saturated heterocycles. The van der Waals surface area contributed by atoms with Crippen LogP contribution in [0.25, 0.3) is 0 Å². The summed E-state index contributed by atoms with van der Waals surface area (Å²) >= 11 is 0. The number of nitrogens with one attached hydrogen (secondary N) is 3. The predicted molar refractivity (Wildman–Crippen MR) is 75.4 cm³/mol. The third-order valence-corrected chi connectivity index (χ3v) is 3.16. The van der Waals surface area contributed by atoms with Crippen LogP contribution in [-0.4, -0.2) is 50.7 Å². The maximum atomic E-state index is 12.0. The Morgan fingerprint density at radius 3 is 2.63 bits per heavy atom. The molecule has 1 rings (SSSR count). The van der Waals surface area contributed by atoms with Crippen molar-refractivity contribution in [2.45, 2.75) is 31.7 Å². The molecule has 0 radical (unpaired) electrons. The largest absolute Gasteiger partial charge is 0.383 e. The lowest BCUT2D eigenvalue weighted by Crippen LogP contribution is -2.58. The quantitative estimate of drug-likeness (QED) is 0.594. The van der Waals surface area contributed by atoms with Gasteiger partial charge in [-0.25, -0.2) is 0 Å². The van der Waals surface area contributed by atoms with Gasteiger partial charge in [0.15, 0.2) is 0 Å². The van der Waals surface area contributed by atoms with E-state index in [4.69, 9.17) is 4.74 Å². The molecule has 1 aliphatic heterocycles. The summed E-state index contributed by atoms with van der Waals surface area (Å²) in [4.78, 5) is 23.4. The van der Waals surface area contributed by atoms with E-state index in [9.17, 15) is 9.59 Å². The Morgan fingerprint density at radius 2 is 2.05 bits per heavy atom. The first-order valence-electron chi connectivity index (χ1n) is 6.37. The molecule has 19 heavy (non-hydrogen) atoms. The molecule has 1 atom stereocenters. The summed E-state index contributed by atoms with van der Waals surface area (Å²) in [5, 5.41) is 8.53. The Bertz CT molecular complexity index is 294. The standard InChI is InChI=1S/C12H23N3O3.ClH/c1-12(5-3-4-6-15-12)11(17)14-9-10(16)13-7-8-18-2;/h15H,3-9H2,1-2H3,(H,13,16)(H,14,17);1H. The van der Waals surface area contributed by atoms with Crippen molar-refractivity contribution >= 4 is 24.2 Å². The summed E-state index contributed by atoms with van der Waals surface area (Å²) in [6, 6.07) is 0. The number of hydrogen-bond acceptors (Lipinski definition) is 4. The summed E-state index contributed by atoms with van der Waals surface area (Å²) in [5.41, 5.74) is -0.537. The van der Waals surface area contributed by atoms with Crippen molar-refractivity contribution in [3.63, 3.8) is 0 Å². The van der Waals surface area contributed by atoms with Crippen molar-refractivity contribution < 1.29 is 14.3 Å². The van der Waals surface area contributed by atoms with Gasteiger partial charge in [0.1, 0.15) is 0 Å². The zero-order chi connectivity index (χ0) is 13.4. The van der Waals surface area contributed by atoms with Gasteiger partial charge in [-0.2, -0.15) is 0 Å². The molecule has 0 aromatic carbocycles. The molecule has 0 aliphatic carbocycles. The van der Waals surface area contributed by atoms with Crippen molar-refractivity contribution in [2.75, 3.05) is 33.4 Å². The second-order valence-corrected chi connectivity index (χ2v) is 4.74. The molecule has 2 amide bonds. The van der Waals surface area contributed by atoms with Gasteiger partial charge < -0.3 is 20.7 Å². The van der Waals surface area contributed by atoms with Gasteiger partial charge in [0, 0.05) is 13.7 Å². The molecule has 1 aliphatic rings. The summed E-state index contributed by atoms with van der Waals surface area (Å²) in [6.45, 7) is 3.67. The molecule has 1 heterocycles. The second kappa shape index (κ2) is 9.12. The van der Waals surface area contributed by atoms with Crippen LogP contribution in [0.5, 0.6) is 0 Å². The molecule has 1 unspecified atom stereocenters. The van der Waals surface area contributed by atoms with Crippen LogP contribution >= 0.6 is 12.4 Å². The van der Waals surface area contributed by atoms with Gasteiger partial charge in [0.25, 0.3) is 0 Å². The molecule has 3 N–H and O–H groups in total. The number of carbonyl (C=O) groups excluding carboxylic acids is 2. The maximum absolute atomic E-state index is 12.0. The Labute approximate surface area is 120 Å². The van der Waals surface area contributed by atoms with Crippen LogP contribution in [0.15, 0.2) is 0 Å². The van der Waals surface area contributed by atoms with Gasteiger partial charge >= 0.3 is 0 Å². The number of carbonyl (C=O) groups is 2. The first kappa shape index (κ1) is 18.1. The van der Waals surface area contributed by atoms with E-state index in [0.29, 0.717) is 13.2 Å². The van der Waals surface area contributed by atoms with Crippen LogP contribution in [0, 0.1) is 0 Å². The van der Waals surface area contributed by atoms with Crippen LogP contribution in [-0.2, 0) is 14.3 Å². The zero-order valence-electron chi connectivity index (χ0n) is 11.6. The predicted octanol–water partition coefficient (Wildman–Crippen LogP) is -0.181. The van der Waals surface area contributed by atoms with Gasteiger partial charge in [0.2, 0.25) is 11.8 Å². The highest BCUT2D eigenvalue weighted by Crippen LogP contribution is 2.18. The Hall–Kier alpha value is -0.850. The highest BCUT2D eigenvalue weighted by molar-refractivity contribution is 5.90. The van der Waals surface area contributed by atoms with E-state index in [1.54, 1.807) is 7.11 Å². The van der Waals surface area contributed by atoms with E-state index in [2.05, 4.69) is 16.0 Å². The van der Waals surface area contributed by atoms with Crippen molar-refractivity contribution in [2.24, 2.45) is 0 Å². The van der Waals surface area contributed by atoms with E-state index in [-0.39, 0.29) is 30.8 Å². The molecule has 0 aromatic rings. The van der Waals surface area contributed by atoms with E-state index in [0.717, 1.165) is 25.8 Å². The van der Waals surface area contributed by atoms with Crippen LogP contribution in [0.2, 0.25) is 0 Å². The van der Waals surface area contributed by atoms with Crippen molar-refractivity contribution in [3.8, 4) is 0 Å². The van der Waals surface area contributed by atoms with E-state index >= 15 is 0 Å². The van der Waals surface area contributed by atoms with Crippen LogP contribution in [0.1, 0.15) is 26.2 Å². The molecule has 0 bridgehead atoms. The van der Waals surface area contributed by atoms with Crippen LogP contribution in [0.3, 0.4) is 0 Å². The lowest BCUT2D eigenvalue weighted by atomic mass is 9.90. The minimum atomic E-state index is -0.537. The van der Waals surface area contributed by atoms with Crippen LogP contribution < -0.4 is 16.0 Å². The molecular weight excluding hydrogens is 270 g/mol. The fourth-order valence-corrected chi connectivity index (χ4v) is 1.96. The zero-order valence-corrected chi connectivity index (χ0v) is 12.4. The van der Waals surface area contributed by atoms with E-state index < -0.39 is 5.54 Å². The molecular formula is C12H24ClN3O3. The molecule has 0 spiro atoms. The van der Waals surface area contributed by atoms with Crippen molar-refractivity contribution in [1.82, 2.24) is 16.0 Å². The normalized spacial score (nSPS) is 22.2. The third-order valence-electron chi connectivity index (χ3n) is 3.16. The molecule has 0 aromatic heterocycles. The third kappa shape index (κ3) is 6.22. The smallest absolute Gasteiger partial charge is 0.240 e. The first-order chi connectivity index (χ1) is 8.58. The van der Waals surface area contributed by atoms with Crippen LogP contribution in [0.4, 0.5) is 0 Å². The average Bonchev–Trinajstić information content (AvgIpc) is 2.37. The SMILES string of the molecule is COCCNC(=O)CNC(=O)C1(C)CCCCN1.Cl. The first-order valence-corrected chi connectivity index (χ1v) is 6.37. The lowest BCUT2D eigenvalue weighted by Gasteiger charge is -2.33. The fourth-order valence-electron chi connectivity index (χ4n) is 1.96. The van der Waals surface area contributed by atoms with E-state index in [1.807, 2.05) is 6.92 Å². The Kier molecular flexibility index (Phi) is 8.71. The van der Waals surface area contributed by atoms with Crippen molar-refractivity contribution in [3.05, 3.63) is 0 Å². The van der Waals surface area contributed by atoms with Crippen molar-refractivity contribution in [1.29, 1.82) is 0 Å².